The molecule has 1 unspecified atom stereocenters. The zero-order valence-electron chi connectivity index (χ0n) is 20.1. The maximum Gasteiger partial charge on any atom is 0.259 e. The molecule has 2 fully saturated rings. The van der Waals surface area contributed by atoms with Crippen molar-refractivity contribution in [2.24, 2.45) is 5.92 Å². The number of carbonyl (C=O) groups is 2. The smallest absolute Gasteiger partial charge is 0.259 e. The molecule has 0 aliphatic carbocycles. The molecule has 0 bridgehead atoms. The molecule has 0 N–H and O–H groups in total. The van der Waals surface area contributed by atoms with E-state index in [4.69, 9.17) is 5.10 Å². The summed E-state index contributed by atoms with van der Waals surface area (Å²) in [6.07, 6.45) is 8.72. The second-order valence-electron chi connectivity index (χ2n) is 9.56. The molecule has 7 heteroatoms. The van der Waals surface area contributed by atoms with Gasteiger partial charge in [-0.1, -0.05) is 18.2 Å². The molecule has 2 aliphatic rings. The van der Waals surface area contributed by atoms with Gasteiger partial charge in [-0.25, -0.2) is 4.68 Å². The Bertz CT molecular complexity index is 1140. The van der Waals surface area contributed by atoms with E-state index in [0.29, 0.717) is 30.4 Å². The van der Waals surface area contributed by atoms with Gasteiger partial charge in [-0.3, -0.25) is 9.59 Å². The zero-order chi connectivity index (χ0) is 23.7. The number of para-hydroxylation sites is 1. The lowest BCUT2D eigenvalue weighted by Crippen LogP contribution is -2.48. The highest BCUT2D eigenvalue weighted by Crippen LogP contribution is 2.28. The summed E-state index contributed by atoms with van der Waals surface area (Å²) >= 11 is 0. The number of hydrogen-bond acceptors (Lipinski definition) is 3. The number of likely N-dealkylation sites (tertiary alicyclic amines) is 2. The van der Waals surface area contributed by atoms with Crippen molar-refractivity contribution >= 4 is 11.8 Å². The molecule has 0 spiro atoms. The molecule has 2 aromatic heterocycles. The van der Waals surface area contributed by atoms with E-state index in [1.807, 2.05) is 75.9 Å². The number of aryl methyl sites for hydroxylation is 1. The van der Waals surface area contributed by atoms with Gasteiger partial charge in [-0.05, 0) is 70.2 Å². The molecule has 0 saturated carbocycles. The van der Waals surface area contributed by atoms with Gasteiger partial charge >= 0.3 is 0 Å². The Morgan fingerprint density at radius 1 is 0.912 bits per heavy atom. The van der Waals surface area contributed by atoms with Gasteiger partial charge < -0.3 is 14.4 Å². The van der Waals surface area contributed by atoms with E-state index in [1.54, 1.807) is 0 Å². The molecule has 34 heavy (non-hydrogen) atoms. The molecule has 3 aromatic rings. The first-order valence-corrected chi connectivity index (χ1v) is 12.4. The minimum atomic E-state index is -0.0133. The zero-order valence-corrected chi connectivity index (χ0v) is 20.1. The average molecular weight is 460 g/mol. The third kappa shape index (κ3) is 4.15. The number of carbonyl (C=O) groups excluding carboxylic acids is 2. The maximum atomic E-state index is 13.8. The van der Waals surface area contributed by atoms with Crippen molar-refractivity contribution in [2.75, 3.05) is 19.6 Å². The lowest BCUT2D eigenvalue weighted by atomic mass is 9.92. The molecule has 2 amide bonds. The Balaban J connectivity index is 1.37. The van der Waals surface area contributed by atoms with Crippen LogP contribution in [0, 0.1) is 12.8 Å². The van der Waals surface area contributed by atoms with Gasteiger partial charge in [0.1, 0.15) is 5.56 Å². The van der Waals surface area contributed by atoms with Crippen molar-refractivity contribution in [1.82, 2.24) is 24.1 Å². The second-order valence-corrected chi connectivity index (χ2v) is 9.56. The van der Waals surface area contributed by atoms with E-state index >= 15 is 0 Å². The van der Waals surface area contributed by atoms with E-state index in [1.165, 1.54) is 6.42 Å². The molecule has 0 radical (unpaired) electrons. The Labute approximate surface area is 201 Å². The van der Waals surface area contributed by atoms with Crippen LogP contribution >= 0.6 is 0 Å². The molecule has 2 aliphatic heterocycles. The average Bonchev–Trinajstić information content (AvgIpc) is 3.52. The minimum Gasteiger partial charge on any atom is -0.340 e. The number of rotatable bonds is 4. The predicted octanol–water partition coefficient (Wildman–Crippen LogP) is 4.22. The van der Waals surface area contributed by atoms with Gasteiger partial charge in [-0.15, -0.1) is 0 Å². The summed E-state index contributed by atoms with van der Waals surface area (Å²) < 4.78 is 3.80. The third-order valence-electron chi connectivity index (χ3n) is 7.32. The van der Waals surface area contributed by atoms with Crippen LogP contribution in [0.4, 0.5) is 0 Å². The first-order chi connectivity index (χ1) is 16.5. The predicted molar refractivity (Wildman–Crippen MR) is 131 cm³/mol. The maximum absolute atomic E-state index is 13.8. The van der Waals surface area contributed by atoms with Crippen LogP contribution in [0.3, 0.4) is 0 Å². The Morgan fingerprint density at radius 2 is 1.62 bits per heavy atom. The number of benzene rings is 1. The number of amides is 2. The van der Waals surface area contributed by atoms with Crippen molar-refractivity contribution in [1.29, 1.82) is 0 Å². The fourth-order valence-corrected chi connectivity index (χ4v) is 5.38. The van der Waals surface area contributed by atoms with Crippen LogP contribution in [-0.4, -0.2) is 61.6 Å². The van der Waals surface area contributed by atoms with Gasteiger partial charge in [0.25, 0.3) is 5.91 Å². The van der Waals surface area contributed by atoms with Crippen LogP contribution in [0.2, 0.25) is 0 Å². The van der Waals surface area contributed by atoms with Gasteiger partial charge in [0.15, 0.2) is 5.82 Å². The van der Waals surface area contributed by atoms with Crippen molar-refractivity contribution in [3.8, 4) is 11.5 Å². The summed E-state index contributed by atoms with van der Waals surface area (Å²) in [7, 11) is 0. The SMILES string of the molecule is Cc1nn(-c2ccccc2)c(-n2cccc2)c1C(=O)N1CCC(C(=O)N2CCCCC2C)CC1. The topological polar surface area (TPSA) is 63.4 Å². The molecular formula is C27H33N5O2. The van der Waals surface area contributed by atoms with Gasteiger partial charge in [0.05, 0.1) is 11.4 Å². The molecule has 178 valence electrons. The van der Waals surface area contributed by atoms with Gasteiger partial charge in [-0.2, -0.15) is 5.10 Å². The largest absolute Gasteiger partial charge is 0.340 e. The normalized spacial score (nSPS) is 19.4. The van der Waals surface area contributed by atoms with Crippen LogP contribution in [0.25, 0.3) is 11.5 Å². The quantitative estimate of drug-likeness (QED) is 0.587. The Kier molecular flexibility index (Phi) is 6.26. The third-order valence-corrected chi connectivity index (χ3v) is 7.32. The van der Waals surface area contributed by atoms with E-state index in [2.05, 4.69) is 11.8 Å². The first kappa shape index (κ1) is 22.4. The van der Waals surface area contributed by atoms with Crippen LogP contribution in [0.5, 0.6) is 0 Å². The van der Waals surface area contributed by atoms with Crippen LogP contribution in [0.15, 0.2) is 54.9 Å². The summed E-state index contributed by atoms with van der Waals surface area (Å²) in [5.74, 6) is 1.03. The Hall–Kier alpha value is -3.35. The van der Waals surface area contributed by atoms with Gasteiger partial charge in [0.2, 0.25) is 5.91 Å². The molecule has 2 saturated heterocycles. The van der Waals surface area contributed by atoms with Crippen molar-refractivity contribution in [2.45, 2.75) is 52.0 Å². The molecule has 4 heterocycles. The molecule has 5 rings (SSSR count). The van der Waals surface area contributed by atoms with E-state index in [9.17, 15) is 9.59 Å². The van der Waals surface area contributed by atoms with Gasteiger partial charge in [0, 0.05) is 44.0 Å². The fourth-order valence-electron chi connectivity index (χ4n) is 5.38. The number of aromatic nitrogens is 3. The summed E-state index contributed by atoms with van der Waals surface area (Å²) in [4.78, 5) is 30.9. The lowest BCUT2D eigenvalue weighted by Gasteiger charge is -2.38. The minimum absolute atomic E-state index is 0.0133. The van der Waals surface area contributed by atoms with Crippen molar-refractivity contribution in [3.05, 3.63) is 66.1 Å². The monoisotopic (exact) mass is 459 g/mol. The first-order valence-electron chi connectivity index (χ1n) is 12.4. The number of nitrogens with zero attached hydrogens (tertiary/aromatic N) is 5. The summed E-state index contributed by atoms with van der Waals surface area (Å²) in [6.45, 7) is 6.12. The molecular weight excluding hydrogens is 426 g/mol. The highest BCUT2D eigenvalue weighted by atomic mass is 16.2. The van der Waals surface area contributed by atoms with Crippen LogP contribution in [-0.2, 0) is 4.79 Å². The summed E-state index contributed by atoms with van der Waals surface area (Å²) in [5.41, 5.74) is 2.24. The second kappa shape index (κ2) is 9.49. The fraction of sp³-hybridized carbons (Fsp3) is 0.444. The number of piperidine rings is 2. The van der Waals surface area contributed by atoms with Crippen LogP contribution in [0.1, 0.15) is 55.1 Å². The standard InChI is InChI=1S/C27H33N5O2/c1-20-10-6-7-17-31(20)26(33)22-13-18-30(19-14-22)27(34)24-21(2)28-32(23-11-4-3-5-12-23)25(24)29-15-8-9-16-29/h3-5,8-9,11-12,15-16,20,22H,6-7,10,13-14,17-19H2,1-2H3. The molecule has 7 nitrogen and oxygen atoms in total. The summed E-state index contributed by atoms with van der Waals surface area (Å²) in [6, 6.07) is 14.1. The van der Waals surface area contributed by atoms with Crippen LogP contribution < -0.4 is 0 Å². The summed E-state index contributed by atoms with van der Waals surface area (Å²) in [5, 5.41) is 4.75. The molecule has 1 aromatic carbocycles. The van der Waals surface area contributed by atoms with E-state index < -0.39 is 0 Å². The highest BCUT2D eigenvalue weighted by molar-refractivity contribution is 5.99. The van der Waals surface area contributed by atoms with Crippen molar-refractivity contribution < 1.29 is 9.59 Å². The lowest BCUT2D eigenvalue weighted by molar-refractivity contribution is -0.140. The Morgan fingerprint density at radius 3 is 2.29 bits per heavy atom. The number of hydrogen-bond donors (Lipinski definition) is 0. The van der Waals surface area contributed by atoms with Crippen molar-refractivity contribution in [3.63, 3.8) is 0 Å². The van der Waals surface area contributed by atoms with E-state index in [0.717, 1.165) is 43.7 Å². The highest BCUT2D eigenvalue weighted by Gasteiger charge is 2.35. The molecule has 1 atom stereocenters. The van der Waals surface area contributed by atoms with E-state index in [-0.39, 0.29) is 17.7 Å².